The molecule has 0 aliphatic heterocycles. The monoisotopic (exact) mass is 600 g/mol. The van der Waals surface area contributed by atoms with Gasteiger partial charge in [-0.15, -0.1) is 0 Å². The number of aromatic carboxylic acids is 1. The Bertz CT molecular complexity index is 1270. The lowest BCUT2D eigenvalue weighted by molar-refractivity contribution is -0.116. The number of carbonyl (C=O) groups is 3. The van der Waals surface area contributed by atoms with Crippen molar-refractivity contribution in [2.24, 2.45) is 0 Å². The van der Waals surface area contributed by atoms with Crippen LogP contribution in [0.15, 0.2) is 69.6 Å². The fraction of sp³-hybridized carbons (Fsp3) is 0.192. The molecule has 9 heteroatoms. The summed E-state index contributed by atoms with van der Waals surface area (Å²) < 4.78 is 6.51. The van der Waals surface area contributed by atoms with Gasteiger partial charge in [0.15, 0.2) is 0 Å². The fourth-order valence-electron chi connectivity index (χ4n) is 4.23. The normalized spacial score (nSPS) is 12.9. The predicted octanol–water partition coefficient (Wildman–Crippen LogP) is 6.17. The molecule has 0 aromatic heterocycles. The number of halogens is 2. The van der Waals surface area contributed by atoms with E-state index in [2.05, 4.69) is 54.6 Å². The smallest absolute Gasteiger partial charge is 0.407 e. The maximum Gasteiger partial charge on any atom is 0.407 e. The molecule has 35 heavy (non-hydrogen) atoms. The maximum absolute atomic E-state index is 12.5. The summed E-state index contributed by atoms with van der Waals surface area (Å²) in [6.45, 7) is 1.85. The first-order valence-electron chi connectivity index (χ1n) is 10.9. The lowest BCUT2D eigenvalue weighted by Crippen LogP contribution is -2.36. The Hall–Kier alpha value is -3.17. The Labute approximate surface area is 219 Å². The summed E-state index contributed by atoms with van der Waals surface area (Å²) in [5, 5.41) is 14.7. The zero-order chi connectivity index (χ0) is 25.1. The standard InChI is InChI=1S/C26H22Br2N2O5/c1-14(10-23(31)30-24-20(25(32)33)11-15(27)12-22(24)28)29-26(34)35-13-21-18-8-4-2-6-16(18)17-7-3-5-9-19(17)21/h2-9,11-12,14,21H,10,13H2,1H3,(H,29,34)(H,30,31)(H,32,33)/t14-/m0/s1. The lowest BCUT2D eigenvalue weighted by atomic mass is 9.98. The number of hydrogen-bond donors (Lipinski definition) is 3. The molecule has 1 atom stereocenters. The molecular formula is C26H22Br2N2O5. The van der Waals surface area contributed by atoms with E-state index in [0.717, 1.165) is 22.3 Å². The van der Waals surface area contributed by atoms with E-state index >= 15 is 0 Å². The molecule has 3 aromatic rings. The summed E-state index contributed by atoms with van der Waals surface area (Å²) in [5.41, 5.74) is 4.60. The molecule has 0 heterocycles. The molecule has 0 spiro atoms. The number of fused-ring (bicyclic) bond motifs is 3. The van der Waals surface area contributed by atoms with Gasteiger partial charge in [0.2, 0.25) is 5.91 Å². The number of ether oxygens (including phenoxy) is 1. The SMILES string of the molecule is C[C@@H](CC(=O)Nc1c(Br)cc(Br)cc1C(=O)O)NC(=O)OCC1c2ccccc2-c2ccccc21. The van der Waals surface area contributed by atoms with Crippen molar-refractivity contribution < 1.29 is 24.2 Å². The first-order valence-corrected chi connectivity index (χ1v) is 12.5. The van der Waals surface area contributed by atoms with E-state index in [1.807, 2.05) is 36.4 Å². The molecule has 4 rings (SSSR count). The third-order valence-electron chi connectivity index (χ3n) is 5.75. The van der Waals surface area contributed by atoms with E-state index in [1.165, 1.54) is 6.07 Å². The molecular weight excluding hydrogens is 580 g/mol. The van der Waals surface area contributed by atoms with Gasteiger partial charge in [0.25, 0.3) is 0 Å². The molecule has 0 bridgehead atoms. The van der Waals surface area contributed by atoms with E-state index in [1.54, 1.807) is 13.0 Å². The van der Waals surface area contributed by atoms with Crippen molar-refractivity contribution in [1.29, 1.82) is 0 Å². The molecule has 7 nitrogen and oxygen atoms in total. The molecule has 0 fully saturated rings. The minimum Gasteiger partial charge on any atom is -0.478 e. The number of rotatable bonds is 7. The van der Waals surface area contributed by atoms with E-state index in [9.17, 15) is 19.5 Å². The van der Waals surface area contributed by atoms with Crippen molar-refractivity contribution in [1.82, 2.24) is 5.32 Å². The second-order valence-corrected chi connectivity index (χ2v) is 10.0. The Balaban J connectivity index is 1.34. The minimum atomic E-state index is -1.17. The molecule has 3 N–H and O–H groups in total. The summed E-state index contributed by atoms with van der Waals surface area (Å²) in [6.07, 6.45) is -0.686. The number of nitrogens with one attached hydrogen (secondary N) is 2. The first-order chi connectivity index (χ1) is 16.7. The number of carbonyl (C=O) groups excluding carboxylic acids is 2. The Morgan fingerprint density at radius 1 is 1.00 bits per heavy atom. The molecule has 0 saturated heterocycles. The van der Waals surface area contributed by atoms with Gasteiger partial charge < -0.3 is 20.5 Å². The molecule has 0 radical (unpaired) electrons. The van der Waals surface area contributed by atoms with E-state index in [0.29, 0.717) is 8.95 Å². The Morgan fingerprint density at radius 2 is 1.60 bits per heavy atom. The summed E-state index contributed by atoms with van der Waals surface area (Å²) in [6, 6.07) is 18.6. The molecule has 2 amide bonds. The van der Waals surface area contributed by atoms with Crippen molar-refractivity contribution in [3.63, 3.8) is 0 Å². The van der Waals surface area contributed by atoms with Crippen molar-refractivity contribution in [3.8, 4) is 11.1 Å². The zero-order valence-electron chi connectivity index (χ0n) is 18.7. The Morgan fingerprint density at radius 3 is 2.20 bits per heavy atom. The highest BCUT2D eigenvalue weighted by Gasteiger charge is 2.29. The van der Waals surface area contributed by atoms with Gasteiger partial charge in [0, 0.05) is 27.3 Å². The third kappa shape index (κ3) is 5.57. The van der Waals surface area contributed by atoms with E-state index in [-0.39, 0.29) is 30.2 Å². The second-order valence-electron chi connectivity index (χ2n) is 8.24. The Kier molecular flexibility index (Phi) is 7.57. The van der Waals surface area contributed by atoms with Crippen LogP contribution in [-0.2, 0) is 9.53 Å². The maximum atomic E-state index is 12.5. The molecule has 1 aliphatic rings. The van der Waals surface area contributed by atoms with Crippen LogP contribution in [0, 0.1) is 0 Å². The number of carboxylic acids is 1. The summed E-state index contributed by atoms with van der Waals surface area (Å²) in [7, 11) is 0. The van der Waals surface area contributed by atoms with Gasteiger partial charge in [-0.2, -0.15) is 0 Å². The highest BCUT2D eigenvalue weighted by atomic mass is 79.9. The quantitative estimate of drug-likeness (QED) is 0.301. The number of hydrogen-bond acceptors (Lipinski definition) is 4. The van der Waals surface area contributed by atoms with Crippen LogP contribution in [0.2, 0.25) is 0 Å². The number of anilines is 1. The van der Waals surface area contributed by atoms with Gasteiger partial charge >= 0.3 is 12.1 Å². The topological polar surface area (TPSA) is 105 Å². The first kappa shape index (κ1) is 24.9. The van der Waals surface area contributed by atoms with Crippen LogP contribution in [0.4, 0.5) is 10.5 Å². The summed E-state index contributed by atoms with van der Waals surface area (Å²) >= 11 is 6.52. The number of benzene rings is 3. The summed E-state index contributed by atoms with van der Waals surface area (Å²) in [5.74, 6) is -1.68. The lowest BCUT2D eigenvalue weighted by Gasteiger charge is -2.18. The molecule has 1 aliphatic carbocycles. The third-order valence-corrected chi connectivity index (χ3v) is 6.83. The summed E-state index contributed by atoms with van der Waals surface area (Å²) in [4.78, 5) is 36.5. The minimum absolute atomic E-state index is 0.0586. The predicted molar refractivity (Wildman–Crippen MR) is 140 cm³/mol. The molecule has 0 saturated carbocycles. The van der Waals surface area contributed by atoms with Gasteiger partial charge in [0.05, 0.1) is 11.3 Å². The fourth-order valence-corrected chi connectivity index (χ4v) is 5.55. The van der Waals surface area contributed by atoms with Crippen molar-refractivity contribution in [3.05, 3.63) is 86.3 Å². The van der Waals surface area contributed by atoms with Gasteiger partial charge in [-0.1, -0.05) is 64.5 Å². The van der Waals surface area contributed by atoms with Crippen molar-refractivity contribution in [2.75, 3.05) is 11.9 Å². The average molecular weight is 602 g/mol. The zero-order valence-corrected chi connectivity index (χ0v) is 21.9. The van der Waals surface area contributed by atoms with Crippen LogP contribution >= 0.6 is 31.9 Å². The highest BCUT2D eigenvalue weighted by molar-refractivity contribution is 9.11. The van der Waals surface area contributed by atoms with Crippen LogP contribution in [0.5, 0.6) is 0 Å². The second kappa shape index (κ2) is 10.6. The molecule has 180 valence electrons. The van der Waals surface area contributed by atoms with E-state index < -0.39 is 24.0 Å². The van der Waals surface area contributed by atoms with E-state index in [4.69, 9.17) is 4.74 Å². The molecule has 3 aromatic carbocycles. The highest BCUT2D eigenvalue weighted by Crippen LogP contribution is 2.44. The number of alkyl carbamates (subject to hydrolysis) is 1. The molecule has 0 unspecified atom stereocenters. The van der Waals surface area contributed by atoms with Gasteiger partial charge in [-0.3, -0.25) is 4.79 Å². The van der Waals surface area contributed by atoms with Gasteiger partial charge in [-0.25, -0.2) is 9.59 Å². The number of amides is 2. The average Bonchev–Trinajstić information content (AvgIpc) is 3.12. The van der Waals surface area contributed by atoms with Crippen LogP contribution in [0.3, 0.4) is 0 Å². The van der Waals surface area contributed by atoms with Crippen LogP contribution in [0.1, 0.15) is 40.7 Å². The number of carboxylic acid groups (broad SMARTS) is 1. The van der Waals surface area contributed by atoms with Crippen LogP contribution in [-0.4, -0.2) is 35.7 Å². The largest absolute Gasteiger partial charge is 0.478 e. The van der Waals surface area contributed by atoms with Gasteiger partial charge in [-0.05, 0) is 57.2 Å². The van der Waals surface area contributed by atoms with Crippen LogP contribution < -0.4 is 10.6 Å². The van der Waals surface area contributed by atoms with Crippen LogP contribution in [0.25, 0.3) is 11.1 Å². The van der Waals surface area contributed by atoms with Crippen molar-refractivity contribution in [2.45, 2.75) is 25.3 Å². The van der Waals surface area contributed by atoms with Gasteiger partial charge in [0.1, 0.15) is 6.61 Å². The van der Waals surface area contributed by atoms with Crippen molar-refractivity contribution >= 4 is 55.5 Å².